The Morgan fingerprint density at radius 2 is 1.88 bits per heavy atom. The van der Waals surface area contributed by atoms with Crippen molar-refractivity contribution in [3.8, 4) is 11.3 Å². The molecule has 3 aromatic heterocycles. The molecule has 1 amide bonds. The van der Waals surface area contributed by atoms with E-state index in [4.69, 9.17) is 9.40 Å². The fraction of sp³-hybridized carbons (Fsp3) is 0.160. The smallest absolute Gasteiger partial charge is 0.408 e. The van der Waals surface area contributed by atoms with Crippen LogP contribution in [0.1, 0.15) is 18.4 Å². The molecule has 0 radical (unpaired) electrons. The van der Waals surface area contributed by atoms with Gasteiger partial charge >= 0.3 is 5.76 Å². The molecule has 3 heterocycles. The number of para-hydroxylation sites is 2. The summed E-state index contributed by atoms with van der Waals surface area (Å²) < 4.78 is 8.80. The summed E-state index contributed by atoms with van der Waals surface area (Å²) in [4.78, 5) is 29.1. The Morgan fingerprint density at radius 3 is 2.69 bits per heavy atom. The van der Waals surface area contributed by atoms with Crippen LogP contribution in [0.25, 0.3) is 28.0 Å². The molecule has 0 fully saturated rings. The van der Waals surface area contributed by atoms with E-state index in [1.54, 1.807) is 10.6 Å². The molecule has 160 valence electrons. The molecular weight excluding hydrogens is 404 g/mol. The summed E-state index contributed by atoms with van der Waals surface area (Å²) in [5.74, 6) is -0.494. The van der Waals surface area contributed by atoms with Crippen molar-refractivity contribution in [2.45, 2.75) is 26.3 Å². The monoisotopic (exact) mass is 426 g/mol. The fourth-order valence-electron chi connectivity index (χ4n) is 3.86. The second-order valence-electron chi connectivity index (χ2n) is 7.76. The average molecular weight is 426 g/mol. The Morgan fingerprint density at radius 1 is 1.06 bits per heavy atom. The first-order valence-electron chi connectivity index (χ1n) is 10.5. The van der Waals surface area contributed by atoms with Gasteiger partial charge in [-0.2, -0.15) is 0 Å². The molecule has 0 aliphatic heterocycles. The van der Waals surface area contributed by atoms with E-state index in [0.717, 1.165) is 33.7 Å². The van der Waals surface area contributed by atoms with Crippen LogP contribution in [-0.2, 0) is 11.3 Å². The minimum atomic E-state index is -0.399. The molecule has 0 spiro atoms. The molecule has 0 aliphatic carbocycles. The lowest BCUT2D eigenvalue weighted by atomic mass is 10.1. The van der Waals surface area contributed by atoms with Crippen LogP contribution in [0.5, 0.6) is 0 Å². The number of oxazole rings is 1. The van der Waals surface area contributed by atoms with Crippen LogP contribution < -0.4 is 11.1 Å². The van der Waals surface area contributed by atoms with Gasteiger partial charge in [-0.05, 0) is 49.2 Å². The molecule has 0 atom stereocenters. The molecule has 5 rings (SSSR count). The zero-order chi connectivity index (χ0) is 22.1. The van der Waals surface area contributed by atoms with Crippen LogP contribution >= 0.6 is 0 Å². The molecule has 7 nitrogen and oxygen atoms in total. The number of benzene rings is 2. The van der Waals surface area contributed by atoms with Crippen molar-refractivity contribution in [2.75, 3.05) is 5.32 Å². The summed E-state index contributed by atoms with van der Waals surface area (Å²) >= 11 is 0. The van der Waals surface area contributed by atoms with E-state index in [9.17, 15) is 9.59 Å². The predicted octanol–water partition coefficient (Wildman–Crippen LogP) is 4.64. The van der Waals surface area contributed by atoms with E-state index in [1.807, 2.05) is 78.3 Å². The highest BCUT2D eigenvalue weighted by atomic mass is 16.4. The van der Waals surface area contributed by atoms with Gasteiger partial charge < -0.3 is 14.1 Å². The van der Waals surface area contributed by atoms with Crippen molar-refractivity contribution >= 4 is 28.3 Å². The number of amides is 1. The van der Waals surface area contributed by atoms with Crippen LogP contribution in [0.4, 0.5) is 5.69 Å². The minimum Gasteiger partial charge on any atom is -0.408 e. The lowest BCUT2D eigenvalue weighted by molar-refractivity contribution is -0.116. The van der Waals surface area contributed by atoms with Crippen LogP contribution in [0, 0.1) is 6.92 Å². The Balaban J connectivity index is 1.20. The van der Waals surface area contributed by atoms with Gasteiger partial charge in [0.05, 0.1) is 11.2 Å². The lowest BCUT2D eigenvalue weighted by Gasteiger charge is -2.06. The molecule has 0 aliphatic rings. The van der Waals surface area contributed by atoms with Crippen molar-refractivity contribution in [2.24, 2.45) is 0 Å². The van der Waals surface area contributed by atoms with Crippen molar-refractivity contribution < 1.29 is 9.21 Å². The number of pyridine rings is 1. The SMILES string of the molecule is Cc1cccn2cc(-c3ccc(NC(=O)CCCn4c(=O)oc5ccccc54)cc3)nc12. The van der Waals surface area contributed by atoms with Crippen molar-refractivity contribution in [1.82, 2.24) is 14.0 Å². The van der Waals surface area contributed by atoms with Gasteiger partial charge in [-0.15, -0.1) is 0 Å². The number of imidazole rings is 1. The molecular formula is C25H22N4O3. The number of nitrogens with one attached hydrogen (secondary N) is 1. The average Bonchev–Trinajstić information content (AvgIpc) is 3.36. The first-order valence-corrected chi connectivity index (χ1v) is 10.5. The topological polar surface area (TPSA) is 81.5 Å². The number of nitrogens with zero attached hydrogens (tertiary/aromatic N) is 3. The summed E-state index contributed by atoms with van der Waals surface area (Å²) in [5.41, 5.74) is 5.95. The Bertz CT molecular complexity index is 1470. The molecule has 5 aromatic rings. The third-order valence-electron chi connectivity index (χ3n) is 5.50. The van der Waals surface area contributed by atoms with Gasteiger partial charge in [-0.25, -0.2) is 9.78 Å². The predicted molar refractivity (Wildman–Crippen MR) is 124 cm³/mol. The van der Waals surface area contributed by atoms with Gasteiger partial charge in [-0.3, -0.25) is 9.36 Å². The maximum absolute atomic E-state index is 12.4. The first-order chi connectivity index (χ1) is 15.6. The summed E-state index contributed by atoms with van der Waals surface area (Å²) in [5, 5.41) is 2.91. The molecule has 2 aromatic carbocycles. The van der Waals surface area contributed by atoms with Gasteiger partial charge in [0, 0.05) is 36.6 Å². The van der Waals surface area contributed by atoms with Gasteiger partial charge in [-0.1, -0.05) is 30.3 Å². The van der Waals surface area contributed by atoms with Crippen LogP contribution in [0.3, 0.4) is 0 Å². The molecule has 0 saturated heterocycles. The number of hydrogen-bond acceptors (Lipinski definition) is 4. The number of aromatic nitrogens is 3. The number of rotatable bonds is 6. The molecule has 0 saturated carbocycles. The van der Waals surface area contributed by atoms with Gasteiger partial charge in [0.25, 0.3) is 0 Å². The number of carbonyl (C=O) groups excluding carboxylic acids is 1. The molecule has 7 heteroatoms. The maximum atomic E-state index is 12.4. The number of anilines is 1. The zero-order valence-corrected chi connectivity index (χ0v) is 17.6. The summed E-state index contributed by atoms with van der Waals surface area (Å²) in [6.07, 6.45) is 4.82. The quantitative estimate of drug-likeness (QED) is 0.429. The van der Waals surface area contributed by atoms with E-state index in [2.05, 4.69) is 5.32 Å². The number of carbonyl (C=O) groups is 1. The lowest BCUT2D eigenvalue weighted by Crippen LogP contribution is -2.17. The van der Waals surface area contributed by atoms with Crippen molar-refractivity contribution in [3.05, 3.63) is 89.2 Å². The third-order valence-corrected chi connectivity index (χ3v) is 5.50. The van der Waals surface area contributed by atoms with Gasteiger partial charge in [0.2, 0.25) is 5.91 Å². The number of hydrogen-bond donors (Lipinski definition) is 1. The van der Waals surface area contributed by atoms with Crippen LogP contribution in [0.15, 0.2) is 82.3 Å². The molecule has 0 bridgehead atoms. The van der Waals surface area contributed by atoms with Crippen molar-refractivity contribution in [3.63, 3.8) is 0 Å². The van der Waals surface area contributed by atoms with Crippen LogP contribution in [-0.4, -0.2) is 19.9 Å². The van der Waals surface area contributed by atoms with E-state index in [0.29, 0.717) is 25.0 Å². The van der Waals surface area contributed by atoms with Gasteiger partial charge in [0.15, 0.2) is 5.58 Å². The number of aryl methyl sites for hydroxylation is 2. The second-order valence-corrected chi connectivity index (χ2v) is 7.76. The van der Waals surface area contributed by atoms with E-state index in [1.165, 1.54) is 0 Å². The minimum absolute atomic E-state index is 0.0954. The standard InChI is InChI=1S/C25H22N4O3/c1-17-6-4-14-28-16-20(27-24(17)28)18-10-12-19(13-11-18)26-23(30)9-5-15-29-21-7-2-3-8-22(21)32-25(29)31/h2-4,6-8,10-14,16H,5,9,15H2,1H3,(H,26,30). The highest BCUT2D eigenvalue weighted by Crippen LogP contribution is 2.22. The first kappa shape index (κ1) is 19.8. The fourth-order valence-corrected chi connectivity index (χ4v) is 3.86. The molecule has 0 unspecified atom stereocenters. The van der Waals surface area contributed by atoms with E-state index in [-0.39, 0.29) is 5.91 Å². The second kappa shape index (κ2) is 8.19. The summed E-state index contributed by atoms with van der Waals surface area (Å²) in [7, 11) is 0. The Labute approximate surface area is 183 Å². The molecule has 32 heavy (non-hydrogen) atoms. The number of fused-ring (bicyclic) bond motifs is 2. The van der Waals surface area contributed by atoms with E-state index < -0.39 is 5.76 Å². The van der Waals surface area contributed by atoms with Crippen molar-refractivity contribution in [1.29, 1.82) is 0 Å². The third kappa shape index (κ3) is 3.80. The van der Waals surface area contributed by atoms with Crippen LogP contribution in [0.2, 0.25) is 0 Å². The largest absolute Gasteiger partial charge is 0.419 e. The zero-order valence-electron chi connectivity index (χ0n) is 17.6. The van der Waals surface area contributed by atoms with E-state index >= 15 is 0 Å². The molecule has 1 N–H and O–H groups in total. The Hall–Kier alpha value is -4.13. The Kier molecular flexibility index (Phi) is 5.07. The normalized spacial score (nSPS) is 11.3. The maximum Gasteiger partial charge on any atom is 0.419 e. The van der Waals surface area contributed by atoms with Gasteiger partial charge in [0.1, 0.15) is 5.65 Å². The summed E-state index contributed by atoms with van der Waals surface area (Å²) in [6, 6.07) is 19.0. The highest BCUT2D eigenvalue weighted by Gasteiger charge is 2.10. The summed E-state index contributed by atoms with van der Waals surface area (Å²) in [6.45, 7) is 2.46. The highest BCUT2D eigenvalue weighted by molar-refractivity contribution is 5.91.